The Labute approximate surface area is 175 Å². The van der Waals surface area contributed by atoms with Crippen LogP contribution in [0, 0.1) is 0 Å². The van der Waals surface area contributed by atoms with E-state index in [4.69, 9.17) is 21.1 Å². The van der Waals surface area contributed by atoms with Crippen molar-refractivity contribution in [1.29, 1.82) is 0 Å². The van der Waals surface area contributed by atoms with E-state index in [-0.39, 0.29) is 11.3 Å². The maximum atomic E-state index is 13.1. The number of carbonyl (C=O) groups is 2. The van der Waals surface area contributed by atoms with Gasteiger partial charge in [0.15, 0.2) is 6.61 Å². The van der Waals surface area contributed by atoms with E-state index in [0.29, 0.717) is 37.0 Å². The molecule has 1 saturated heterocycles. The monoisotopic (exact) mass is 442 g/mol. The fraction of sp³-hybridized carbons (Fsp3) is 0.300. The lowest BCUT2D eigenvalue weighted by Crippen LogP contribution is -2.37. The fourth-order valence-electron chi connectivity index (χ4n) is 2.91. The number of hydrogen-bond donors (Lipinski definition) is 1. The van der Waals surface area contributed by atoms with Gasteiger partial charge in [-0.1, -0.05) is 17.7 Å². The van der Waals surface area contributed by atoms with Crippen LogP contribution in [-0.4, -0.2) is 44.8 Å². The fourth-order valence-corrected chi connectivity index (χ4v) is 3.10. The highest BCUT2D eigenvalue weighted by Gasteiger charge is 2.32. The van der Waals surface area contributed by atoms with E-state index >= 15 is 0 Å². The van der Waals surface area contributed by atoms with Crippen molar-refractivity contribution in [3.8, 4) is 0 Å². The summed E-state index contributed by atoms with van der Waals surface area (Å²) in [5.74, 6) is -1.54. The summed E-state index contributed by atoms with van der Waals surface area (Å²) >= 11 is 5.81. The van der Waals surface area contributed by atoms with Crippen molar-refractivity contribution < 1.29 is 32.2 Å². The number of carbonyl (C=O) groups excluding carboxylic acids is 2. The summed E-state index contributed by atoms with van der Waals surface area (Å²) in [4.78, 5) is 26.1. The maximum Gasteiger partial charge on any atom is 0.416 e. The first kappa shape index (κ1) is 21.9. The average Bonchev–Trinajstić information content (AvgIpc) is 2.72. The number of anilines is 2. The Morgan fingerprint density at radius 1 is 1.13 bits per heavy atom. The molecule has 6 nitrogen and oxygen atoms in total. The molecule has 0 saturated carbocycles. The van der Waals surface area contributed by atoms with E-state index in [9.17, 15) is 22.8 Å². The lowest BCUT2D eigenvalue weighted by atomic mass is 10.1. The summed E-state index contributed by atoms with van der Waals surface area (Å²) in [6.07, 6.45) is -4.57. The lowest BCUT2D eigenvalue weighted by molar-refractivity contribution is -0.137. The Balaban J connectivity index is 1.72. The zero-order chi connectivity index (χ0) is 21.7. The van der Waals surface area contributed by atoms with Crippen LogP contribution in [0.3, 0.4) is 0 Å². The number of alkyl halides is 3. The van der Waals surface area contributed by atoms with E-state index in [0.717, 1.165) is 12.1 Å². The van der Waals surface area contributed by atoms with E-state index in [1.807, 2.05) is 4.90 Å². The number of nitrogens with one attached hydrogen (secondary N) is 1. The van der Waals surface area contributed by atoms with Gasteiger partial charge < -0.3 is 19.7 Å². The van der Waals surface area contributed by atoms with E-state index in [1.165, 1.54) is 18.2 Å². The summed E-state index contributed by atoms with van der Waals surface area (Å²) in [5.41, 5.74) is -0.328. The highest BCUT2D eigenvalue weighted by atomic mass is 35.5. The Morgan fingerprint density at radius 2 is 1.87 bits per heavy atom. The van der Waals surface area contributed by atoms with Crippen molar-refractivity contribution in [2.24, 2.45) is 0 Å². The zero-order valence-corrected chi connectivity index (χ0v) is 16.4. The Bertz CT molecular complexity index is 931. The van der Waals surface area contributed by atoms with Gasteiger partial charge in [-0.05, 0) is 36.4 Å². The van der Waals surface area contributed by atoms with Crippen molar-refractivity contribution in [2.45, 2.75) is 6.18 Å². The number of halogens is 4. The number of benzene rings is 2. The summed E-state index contributed by atoms with van der Waals surface area (Å²) in [5, 5.41) is 2.74. The molecule has 1 N–H and O–H groups in total. The second-order valence-electron chi connectivity index (χ2n) is 6.46. The van der Waals surface area contributed by atoms with Crippen molar-refractivity contribution in [2.75, 3.05) is 43.1 Å². The van der Waals surface area contributed by atoms with Crippen LogP contribution in [-0.2, 0) is 20.4 Å². The summed E-state index contributed by atoms with van der Waals surface area (Å²) in [6, 6.07) is 9.10. The minimum absolute atomic E-state index is 0.0180. The van der Waals surface area contributed by atoms with E-state index < -0.39 is 30.2 Å². The van der Waals surface area contributed by atoms with Crippen molar-refractivity contribution >= 4 is 34.9 Å². The molecule has 0 atom stereocenters. The lowest BCUT2D eigenvalue weighted by Gasteiger charge is -2.31. The highest BCUT2D eigenvalue weighted by Crippen LogP contribution is 2.35. The predicted molar refractivity (Wildman–Crippen MR) is 105 cm³/mol. The molecule has 0 radical (unpaired) electrons. The minimum atomic E-state index is -4.57. The Morgan fingerprint density at radius 3 is 2.53 bits per heavy atom. The van der Waals surface area contributed by atoms with Crippen LogP contribution < -0.4 is 10.2 Å². The first-order valence-corrected chi connectivity index (χ1v) is 9.38. The molecule has 1 fully saturated rings. The van der Waals surface area contributed by atoms with Crippen LogP contribution in [0.15, 0.2) is 42.5 Å². The zero-order valence-electron chi connectivity index (χ0n) is 15.7. The van der Waals surface area contributed by atoms with Gasteiger partial charge >= 0.3 is 12.1 Å². The van der Waals surface area contributed by atoms with E-state index in [1.54, 1.807) is 12.1 Å². The first-order chi connectivity index (χ1) is 14.2. The Hall–Kier alpha value is -2.78. The number of esters is 1. The molecule has 10 heteroatoms. The largest absolute Gasteiger partial charge is 0.452 e. The first-order valence-electron chi connectivity index (χ1n) is 9.00. The summed E-state index contributed by atoms with van der Waals surface area (Å²) in [6.45, 7) is 1.12. The quantitative estimate of drug-likeness (QED) is 0.709. The number of nitrogens with zero attached hydrogens (tertiary/aromatic N) is 1. The second-order valence-corrected chi connectivity index (χ2v) is 6.90. The number of amides is 1. The third kappa shape index (κ3) is 5.64. The molecule has 0 unspecified atom stereocenters. The third-order valence-corrected chi connectivity index (χ3v) is 4.58. The van der Waals surface area contributed by atoms with Crippen LogP contribution in [0.1, 0.15) is 15.9 Å². The van der Waals surface area contributed by atoms with Crippen molar-refractivity contribution in [1.82, 2.24) is 0 Å². The number of ether oxygens (including phenoxy) is 2. The van der Waals surface area contributed by atoms with Crippen LogP contribution in [0.25, 0.3) is 0 Å². The maximum absolute atomic E-state index is 13.1. The van der Waals surface area contributed by atoms with Crippen LogP contribution in [0.5, 0.6) is 0 Å². The normalized spacial score (nSPS) is 14.3. The van der Waals surface area contributed by atoms with Gasteiger partial charge in [-0.25, -0.2) is 4.79 Å². The van der Waals surface area contributed by atoms with Gasteiger partial charge in [-0.3, -0.25) is 4.79 Å². The van der Waals surface area contributed by atoms with Gasteiger partial charge in [-0.15, -0.1) is 0 Å². The standard InChI is InChI=1S/C20H18ClF3N2O4/c21-15-3-1-2-13(10-15)19(28)30-12-18(27)25-16-11-14(20(22,23)24)4-5-17(16)26-6-8-29-9-7-26/h1-5,10-11H,6-9,12H2,(H,25,27). The molecule has 1 aliphatic rings. The van der Waals surface area contributed by atoms with E-state index in [2.05, 4.69) is 5.32 Å². The molecule has 160 valence electrons. The van der Waals surface area contributed by atoms with Gasteiger partial charge in [0.05, 0.1) is 35.7 Å². The molecule has 3 rings (SSSR count). The van der Waals surface area contributed by atoms with Crippen LogP contribution >= 0.6 is 11.6 Å². The van der Waals surface area contributed by atoms with Crippen molar-refractivity contribution in [3.63, 3.8) is 0 Å². The molecule has 0 spiro atoms. The van der Waals surface area contributed by atoms with Crippen LogP contribution in [0.2, 0.25) is 5.02 Å². The smallest absolute Gasteiger partial charge is 0.416 e. The number of rotatable bonds is 5. The number of hydrogen-bond acceptors (Lipinski definition) is 5. The van der Waals surface area contributed by atoms with Gasteiger partial charge in [-0.2, -0.15) is 13.2 Å². The predicted octanol–water partition coefficient (Wildman–Crippen LogP) is 3.99. The average molecular weight is 443 g/mol. The molecule has 0 aromatic heterocycles. The third-order valence-electron chi connectivity index (χ3n) is 4.34. The summed E-state index contributed by atoms with van der Waals surface area (Å²) < 4.78 is 49.6. The van der Waals surface area contributed by atoms with Gasteiger partial charge in [0.2, 0.25) is 0 Å². The topological polar surface area (TPSA) is 67.9 Å². The van der Waals surface area contributed by atoms with Crippen LogP contribution in [0.4, 0.5) is 24.5 Å². The highest BCUT2D eigenvalue weighted by molar-refractivity contribution is 6.30. The van der Waals surface area contributed by atoms with Gasteiger partial charge in [0, 0.05) is 18.1 Å². The minimum Gasteiger partial charge on any atom is -0.452 e. The molecule has 1 heterocycles. The molecule has 30 heavy (non-hydrogen) atoms. The summed E-state index contributed by atoms with van der Waals surface area (Å²) in [7, 11) is 0. The van der Waals surface area contributed by atoms with Crippen molar-refractivity contribution in [3.05, 3.63) is 58.6 Å². The molecule has 0 bridgehead atoms. The Kier molecular flexibility index (Phi) is 6.84. The molecular formula is C20H18ClF3N2O4. The molecular weight excluding hydrogens is 425 g/mol. The molecule has 2 aromatic rings. The van der Waals surface area contributed by atoms with Gasteiger partial charge in [0.25, 0.3) is 5.91 Å². The molecule has 2 aromatic carbocycles. The molecule has 1 aliphatic heterocycles. The molecule has 0 aliphatic carbocycles. The SMILES string of the molecule is O=C(COC(=O)c1cccc(Cl)c1)Nc1cc(C(F)(F)F)ccc1N1CCOCC1. The number of morpholine rings is 1. The molecule has 1 amide bonds. The van der Waals surface area contributed by atoms with Gasteiger partial charge in [0.1, 0.15) is 0 Å². The second kappa shape index (κ2) is 9.36.